The highest BCUT2D eigenvalue weighted by Crippen LogP contribution is 2.40. The molecule has 2 saturated carbocycles. The lowest BCUT2D eigenvalue weighted by molar-refractivity contribution is 0.0107. The van der Waals surface area contributed by atoms with Crippen LogP contribution >= 0.6 is 0 Å². The van der Waals surface area contributed by atoms with Crippen LogP contribution in [-0.2, 0) is 0 Å². The smallest absolute Gasteiger partial charge is 0.0695 e. The van der Waals surface area contributed by atoms with Crippen LogP contribution in [0.2, 0.25) is 0 Å². The summed E-state index contributed by atoms with van der Waals surface area (Å²) in [5, 5.41) is 10.0. The Kier molecular flexibility index (Phi) is 2.73. The Hall–Kier alpha value is -0.0800. The van der Waals surface area contributed by atoms with Gasteiger partial charge in [0.15, 0.2) is 0 Å². The molecule has 3 aliphatic rings. The van der Waals surface area contributed by atoms with Crippen molar-refractivity contribution in [1.29, 1.82) is 0 Å². The van der Waals surface area contributed by atoms with Gasteiger partial charge in [-0.25, -0.2) is 0 Å². The van der Waals surface area contributed by atoms with Crippen molar-refractivity contribution in [3.8, 4) is 0 Å². The van der Waals surface area contributed by atoms with Gasteiger partial charge in [0.2, 0.25) is 0 Å². The first-order valence-corrected chi connectivity index (χ1v) is 6.80. The first kappa shape index (κ1) is 10.1. The Balaban J connectivity index is 1.73. The van der Waals surface area contributed by atoms with Crippen LogP contribution in [0.25, 0.3) is 0 Å². The maximum Gasteiger partial charge on any atom is 0.0695 e. The summed E-state index contributed by atoms with van der Waals surface area (Å²) in [6, 6.07) is 1.34. The van der Waals surface area contributed by atoms with Gasteiger partial charge in [0.1, 0.15) is 0 Å². The van der Waals surface area contributed by atoms with E-state index in [0.29, 0.717) is 6.04 Å². The molecular weight excluding hydrogens is 186 g/mol. The van der Waals surface area contributed by atoms with Crippen molar-refractivity contribution in [2.75, 3.05) is 6.54 Å². The van der Waals surface area contributed by atoms with Gasteiger partial charge in [-0.05, 0) is 57.4 Å². The molecular formula is C13H23NO. The van der Waals surface area contributed by atoms with Crippen LogP contribution in [0.3, 0.4) is 0 Å². The van der Waals surface area contributed by atoms with Crippen molar-refractivity contribution in [3.63, 3.8) is 0 Å². The predicted molar refractivity (Wildman–Crippen MR) is 60.7 cm³/mol. The number of likely N-dealkylation sites (tertiary alicyclic amines) is 1. The largest absolute Gasteiger partial charge is 0.391 e. The third-order valence-corrected chi connectivity index (χ3v) is 4.91. The summed E-state index contributed by atoms with van der Waals surface area (Å²) in [4.78, 5) is 2.68. The number of nitrogens with zero attached hydrogens (tertiary/aromatic N) is 1. The summed E-state index contributed by atoms with van der Waals surface area (Å²) in [6.07, 6.45) is 10.6. The molecule has 2 aliphatic carbocycles. The van der Waals surface area contributed by atoms with Gasteiger partial charge >= 0.3 is 0 Å². The maximum atomic E-state index is 10.0. The number of piperidine rings is 1. The highest BCUT2D eigenvalue weighted by atomic mass is 16.3. The molecule has 3 rings (SSSR count). The van der Waals surface area contributed by atoms with E-state index in [1.54, 1.807) is 0 Å². The van der Waals surface area contributed by atoms with Crippen LogP contribution < -0.4 is 0 Å². The maximum absolute atomic E-state index is 10.0. The van der Waals surface area contributed by atoms with Gasteiger partial charge < -0.3 is 5.11 Å². The highest BCUT2D eigenvalue weighted by Gasteiger charge is 2.41. The molecule has 0 aromatic rings. The summed E-state index contributed by atoms with van der Waals surface area (Å²) in [6.45, 7) is 1.25. The Morgan fingerprint density at radius 1 is 0.800 bits per heavy atom. The third kappa shape index (κ3) is 1.72. The minimum atomic E-state index is -0.0238. The van der Waals surface area contributed by atoms with Crippen molar-refractivity contribution >= 4 is 0 Å². The van der Waals surface area contributed by atoms with Crippen molar-refractivity contribution in [2.45, 2.75) is 69.6 Å². The minimum Gasteiger partial charge on any atom is -0.391 e. The van der Waals surface area contributed by atoms with Gasteiger partial charge in [-0.3, -0.25) is 4.90 Å². The van der Waals surface area contributed by atoms with E-state index in [1.165, 1.54) is 51.5 Å². The molecule has 86 valence electrons. The molecule has 1 heterocycles. The zero-order valence-corrected chi connectivity index (χ0v) is 9.57. The summed E-state index contributed by atoms with van der Waals surface area (Å²) in [7, 11) is 0. The van der Waals surface area contributed by atoms with E-state index in [0.717, 1.165) is 18.4 Å². The molecule has 4 atom stereocenters. The van der Waals surface area contributed by atoms with Crippen LogP contribution in [0.4, 0.5) is 0 Å². The molecule has 2 nitrogen and oxygen atoms in total. The van der Waals surface area contributed by atoms with Crippen LogP contribution in [0.15, 0.2) is 0 Å². The SMILES string of the molecule is O[C@@H]1CCC[C@H]1N1CCCC2CCCC21. The van der Waals surface area contributed by atoms with Crippen molar-refractivity contribution in [1.82, 2.24) is 4.90 Å². The first-order chi connectivity index (χ1) is 7.36. The lowest BCUT2D eigenvalue weighted by Gasteiger charge is -2.42. The van der Waals surface area contributed by atoms with Gasteiger partial charge in [-0.1, -0.05) is 6.42 Å². The average molecular weight is 209 g/mol. The van der Waals surface area contributed by atoms with Crippen LogP contribution in [0, 0.1) is 5.92 Å². The predicted octanol–water partition coefficient (Wildman–Crippen LogP) is 2.16. The summed E-state index contributed by atoms with van der Waals surface area (Å²) < 4.78 is 0. The second-order valence-electron chi connectivity index (χ2n) is 5.70. The molecule has 1 aliphatic heterocycles. The van der Waals surface area contributed by atoms with E-state index in [2.05, 4.69) is 4.90 Å². The van der Waals surface area contributed by atoms with Gasteiger partial charge in [-0.2, -0.15) is 0 Å². The minimum absolute atomic E-state index is 0.0238. The fourth-order valence-corrected chi connectivity index (χ4v) is 4.21. The van der Waals surface area contributed by atoms with Gasteiger partial charge in [-0.15, -0.1) is 0 Å². The molecule has 1 saturated heterocycles. The standard InChI is InChI=1S/C13H23NO/c15-13-8-2-7-12(13)14-9-3-5-10-4-1-6-11(10)14/h10-13,15H,1-9H2/t10?,11?,12-,13-/m1/s1. The third-order valence-electron chi connectivity index (χ3n) is 4.91. The van der Waals surface area contributed by atoms with Gasteiger partial charge in [0.05, 0.1) is 6.10 Å². The molecule has 0 radical (unpaired) electrons. The summed E-state index contributed by atoms with van der Waals surface area (Å²) >= 11 is 0. The van der Waals surface area contributed by atoms with E-state index in [9.17, 15) is 5.11 Å². The number of hydrogen-bond donors (Lipinski definition) is 1. The fourth-order valence-electron chi connectivity index (χ4n) is 4.21. The van der Waals surface area contributed by atoms with E-state index < -0.39 is 0 Å². The molecule has 2 heteroatoms. The number of hydrogen-bond acceptors (Lipinski definition) is 2. The van der Waals surface area contributed by atoms with E-state index >= 15 is 0 Å². The van der Waals surface area contributed by atoms with E-state index in [1.807, 2.05) is 0 Å². The highest BCUT2D eigenvalue weighted by molar-refractivity contribution is 4.95. The normalized spacial score (nSPS) is 47.0. The Bertz CT molecular complexity index is 227. The fraction of sp³-hybridized carbons (Fsp3) is 1.00. The second-order valence-corrected chi connectivity index (χ2v) is 5.70. The number of aliphatic hydroxyl groups excluding tert-OH is 1. The molecule has 15 heavy (non-hydrogen) atoms. The number of rotatable bonds is 1. The molecule has 1 N–H and O–H groups in total. The van der Waals surface area contributed by atoms with Crippen LogP contribution in [-0.4, -0.2) is 34.7 Å². The topological polar surface area (TPSA) is 23.5 Å². The lowest BCUT2D eigenvalue weighted by atomic mass is 9.90. The first-order valence-electron chi connectivity index (χ1n) is 6.80. The summed E-state index contributed by atoms with van der Waals surface area (Å²) in [5.74, 6) is 0.964. The molecule has 0 aromatic carbocycles. The number of fused-ring (bicyclic) bond motifs is 1. The van der Waals surface area contributed by atoms with Crippen LogP contribution in [0.1, 0.15) is 51.4 Å². The molecule has 2 unspecified atom stereocenters. The molecule has 0 aromatic heterocycles. The Morgan fingerprint density at radius 3 is 2.33 bits per heavy atom. The quantitative estimate of drug-likeness (QED) is 0.715. The molecule has 0 spiro atoms. The molecule has 3 fully saturated rings. The zero-order valence-electron chi connectivity index (χ0n) is 9.57. The van der Waals surface area contributed by atoms with Gasteiger partial charge in [0, 0.05) is 12.1 Å². The van der Waals surface area contributed by atoms with Crippen LogP contribution in [0.5, 0.6) is 0 Å². The van der Waals surface area contributed by atoms with Crippen molar-refractivity contribution < 1.29 is 5.11 Å². The average Bonchev–Trinajstić information content (AvgIpc) is 2.85. The molecule has 0 amide bonds. The monoisotopic (exact) mass is 209 g/mol. The van der Waals surface area contributed by atoms with Crippen molar-refractivity contribution in [2.24, 2.45) is 5.92 Å². The number of aliphatic hydroxyl groups is 1. The van der Waals surface area contributed by atoms with Crippen molar-refractivity contribution in [3.05, 3.63) is 0 Å². The molecule has 0 bridgehead atoms. The van der Waals surface area contributed by atoms with E-state index in [4.69, 9.17) is 0 Å². The van der Waals surface area contributed by atoms with E-state index in [-0.39, 0.29) is 6.10 Å². The zero-order chi connectivity index (χ0) is 10.3. The Morgan fingerprint density at radius 2 is 1.53 bits per heavy atom. The second kappa shape index (κ2) is 4.06. The van der Waals surface area contributed by atoms with Gasteiger partial charge in [0.25, 0.3) is 0 Å². The summed E-state index contributed by atoms with van der Waals surface area (Å²) in [5.41, 5.74) is 0. The Labute approximate surface area is 92.7 Å². The lowest BCUT2D eigenvalue weighted by Crippen LogP contribution is -2.51.